The molecule has 0 unspecified atom stereocenters. The van der Waals surface area contributed by atoms with Crippen LogP contribution >= 0.6 is 0 Å². The van der Waals surface area contributed by atoms with Gasteiger partial charge in [0.05, 0.1) is 17.9 Å². The highest BCUT2D eigenvalue weighted by Gasteiger charge is 2.95. The van der Waals surface area contributed by atoms with E-state index in [1.807, 2.05) is 0 Å². The topological polar surface area (TPSA) is 38.8 Å². The third-order valence-electron chi connectivity index (χ3n) is 5.63. The van der Waals surface area contributed by atoms with Crippen molar-refractivity contribution in [3.63, 3.8) is 0 Å². The number of hydrogen-bond acceptors (Lipinski definition) is 3. The Hall–Kier alpha value is -2.95. The number of ether oxygens (including phenoxy) is 1. The monoisotopic (exact) mass is 737 g/mol. The Kier molecular flexibility index (Phi) is 11.2. The quantitative estimate of drug-likeness (QED) is 0.122. The zero-order valence-corrected chi connectivity index (χ0v) is 23.2. The lowest BCUT2D eigenvalue weighted by atomic mass is 9.88. The number of hydroxylamine groups is 1. The standard InChI is InChI=1S/C23H19F20NO3/c1-14(2,3)47-13(45)44(12-7-5-11(6-8-12)16(26,27)28)46-10-4-9-15(24,25)17(29,30)18(31,32)19(33,34)20(35,36)21(37,38)22(39,40)23(41,42)43/h5-8H,4,9-10H2,1-3H3. The van der Waals surface area contributed by atoms with Gasteiger partial charge in [-0.3, -0.25) is 4.84 Å². The first-order chi connectivity index (χ1) is 20.4. The summed E-state index contributed by atoms with van der Waals surface area (Å²) in [6, 6.07) is 1.74. The van der Waals surface area contributed by atoms with Crippen LogP contribution in [0.4, 0.5) is 98.3 Å². The molecule has 1 aromatic rings. The maximum Gasteiger partial charge on any atom is 0.460 e. The zero-order valence-electron chi connectivity index (χ0n) is 23.2. The average molecular weight is 737 g/mol. The second-order valence-corrected chi connectivity index (χ2v) is 10.4. The highest BCUT2D eigenvalue weighted by molar-refractivity contribution is 5.85. The summed E-state index contributed by atoms with van der Waals surface area (Å²) in [5.74, 6) is -57.4. The minimum absolute atomic E-state index is 0.0755. The third-order valence-corrected chi connectivity index (χ3v) is 5.63. The molecule has 1 amide bonds. The summed E-state index contributed by atoms with van der Waals surface area (Å²) >= 11 is 0. The lowest BCUT2D eigenvalue weighted by molar-refractivity contribution is -0.461. The highest BCUT2D eigenvalue weighted by Crippen LogP contribution is 2.64. The number of rotatable bonds is 12. The van der Waals surface area contributed by atoms with Gasteiger partial charge in [-0.15, -0.1) is 0 Å². The first kappa shape index (κ1) is 42.1. The average Bonchev–Trinajstić information content (AvgIpc) is 2.85. The molecule has 47 heavy (non-hydrogen) atoms. The van der Waals surface area contributed by atoms with Crippen molar-refractivity contribution in [1.82, 2.24) is 0 Å². The van der Waals surface area contributed by atoms with Crippen molar-refractivity contribution in [1.29, 1.82) is 0 Å². The van der Waals surface area contributed by atoms with Gasteiger partial charge in [-0.1, -0.05) is 0 Å². The molecular formula is C23H19F20NO3. The zero-order chi connectivity index (χ0) is 37.7. The van der Waals surface area contributed by atoms with E-state index in [9.17, 15) is 92.6 Å². The molecule has 4 nitrogen and oxygen atoms in total. The summed E-state index contributed by atoms with van der Waals surface area (Å²) in [4.78, 5) is 17.0. The lowest BCUT2D eigenvalue weighted by Gasteiger charge is -2.42. The van der Waals surface area contributed by atoms with Gasteiger partial charge < -0.3 is 4.74 Å². The van der Waals surface area contributed by atoms with E-state index in [0.717, 1.165) is 0 Å². The first-order valence-electron chi connectivity index (χ1n) is 12.0. The fourth-order valence-corrected chi connectivity index (χ4v) is 3.13. The van der Waals surface area contributed by atoms with Gasteiger partial charge in [0.15, 0.2) is 0 Å². The Morgan fingerprint density at radius 3 is 1.34 bits per heavy atom. The number of alkyl halides is 20. The number of halogens is 20. The van der Waals surface area contributed by atoms with Crippen molar-refractivity contribution >= 4 is 11.8 Å². The highest BCUT2D eigenvalue weighted by atomic mass is 19.4. The van der Waals surface area contributed by atoms with Gasteiger partial charge in [-0.2, -0.15) is 92.9 Å². The second-order valence-electron chi connectivity index (χ2n) is 10.4. The van der Waals surface area contributed by atoms with Gasteiger partial charge in [0, 0.05) is 6.42 Å². The molecule has 1 aromatic carbocycles. The van der Waals surface area contributed by atoms with Crippen LogP contribution in [0.1, 0.15) is 39.2 Å². The van der Waals surface area contributed by atoms with Crippen molar-refractivity contribution in [2.45, 2.75) is 93.0 Å². The van der Waals surface area contributed by atoms with E-state index in [4.69, 9.17) is 4.74 Å². The van der Waals surface area contributed by atoms with Gasteiger partial charge >= 0.3 is 59.9 Å². The fourth-order valence-electron chi connectivity index (χ4n) is 3.13. The fraction of sp³-hybridized carbons (Fsp3) is 0.696. The molecule has 0 heterocycles. The van der Waals surface area contributed by atoms with Crippen molar-refractivity contribution < 1.29 is 102 Å². The Morgan fingerprint density at radius 1 is 0.596 bits per heavy atom. The molecule has 0 radical (unpaired) electrons. The molecule has 0 saturated carbocycles. The number of anilines is 1. The molecule has 0 aliphatic carbocycles. The number of nitrogens with zero attached hydrogens (tertiary/aromatic N) is 1. The number of amides is 1. The molecule has 0 bridgehead atoms. The van der Waals surface area contributed by atoms with Crippen LogP contribution in [0.15, 0.2) is 24.3 Å². The Morgan fingerprint density at radius 2 is 0.979 bits per heavy atom. The van der Waals surface area contributed by atoms with E-state index in [1.54, 1.807) is 0 Å². The molecule has 0 spiro atoms. The molecule has 0 saturated heterocycles. The Labute approximate surface area is 249 Å². The predicted octanol–water partition coefficient (Wildman–Crippen LogP) is 10.2. The van der Waals surface area contributed by atoms with Crippen LogP contribution in [-0.2, 0) is 15.8 Å². The van der Waals surface area contributed by atoms with Crippen LogP contribution in [0.5, 0.6) is 0 Å². The van der Waals surface area contributed by atoms with Crippen LogP contribution in [0, 0.1) is 0 Å². The van der Waals surface area contributed by atoms with Crippen molar-refractivity contribution in [3.05, 3.63) is 29.8 Å². The van der Waals surface area contributed by atoms with Gasteiger partial charge in [0.25, 0.3) is 0 Å². The summed E-state index contributed by atoms with van der Waals surface area (Å²) in [7, 11) is 0. The van der Waals surface area contributed by atoms with Gasteiger partial charge in [-0.25, -0.2) is 4.79 Å². The number of carbonyl (C=O) groups excluding carboxylic acids is 1. The van der Waals surface area contributed by atoms with Gasteiger partial charge in [0.1, 0.15) is 5.60 Å². The molecule has 274 valence electrons. The summed E-state index contributed by atoms with van der Waals surface area (Å²) in [5, 5.41) is -0.0755. The van der Waals surface area contributed by atoms with Crippen molar-refractivity contribution in [2.75, 3.05) is 11.7 Å². The molecule has 0 aliphatic rings. The van der Waals surface area contributed by atoms with E-state index in [2.05, 4.69) is 4.84 Å². The number of hydrogen-bond donors (Lipinski definition) is 0. The summed E-state index contributed by atoms with van der Waals surface area (Å²) in [5.41, 5.74) is -3.39. The predicted molar refractivity (Wildman–Crippen MR) is 116 cm³/mol. The van der Waals surface area contributed by atoms with Crippen molar-refractivity contribution in [2.24, 2.45) is 0 Å². The van der Waals surface area contributed by atoms with Gasteiger partial charge in [-0.05, 0) is 51.5 Å². The molecule has 0 N–H and O–H groups in total. The summed E-state index contributed by atoms with van der Waals surface area (Å²) < 4.78 is 271. The molecule has 0 atom stereocenters. The maximum absolute atomic E-state index is 14.1. The smallest absolute Gasteiger partial charge is 0.442 e. The first-order valence-corrected chi connectivity index (χ1v) is 12.0. The molecule has 0 aromatic heterocycles. The SMILES string of the molecule is CC(C)(C)OC(=O)N(OCCCC(F)(F)C(F)(F)C(F)(F)C(F)(F)C(F)(F)C(F)(F)C(F)(F)C(F)(F)F)c1ccc(C(F)(F)F)cc1. The number of benzene rings is 1. The van der Waals surface area contributed by atoms with Crippen LogP contribution in [0.2, 0.25) is 0 Å². The maximum atomic E-state index is 14.1. The molecule has 1 rings (SSSR count). The molecule has 24 heteroatoms. The Bertz CT molecular complexity index is 1230. The van der Waals surface area contributed by atoms with E-state index in [1.165, 1.54) is 20.8 Å². The normalized spacial score (nSPS) is 15.1. The third kappa shape index (κ3) is 7.70. The lowest BCUT2D eigenvalue weighted by Crippen LogP contribution is -2.74. The number of carbonyl (C=O) groups is 1. The molecule has 0 aliphatic heterocycles. The summed E-state index contributed by atoms with van der Waals surface area (Å²) in [6.45, 7) is 2.12. The molecular weight excluding hydrogens is 718 g/mol. The van der Waals surface area contributed by atoms with Crippen LogP contribution in [0.3, 0.4) is 0 Å². The van der Waals surface area contributed by atoms with E-state index < -0.39 is 96.2 Å². The van der Waals surface area contributed by atoms with E-state index in [0.29, 0.717) is 24.3 Å². The van der Waals surface area contributed by atoms with Crippen LogP contribution < -0.4 is 5.06 Å². The van der Waals surface area contributed by atoms with Crippen LogP contribution in [-0.4, -0.2) is 65.9 Å². The molecule has 0 fully saturated rings. The second kappa shape index (κ2) is 12.5. The minimum atomic E-state index is -8.76. The largest absolute Gasteiger partial charge is 0.460 e. The Balaban J connectivity index is 3.32. The van der Waals surface area contributed by atoms with E-state index >= 15 is 0 Å². The van der Waals surface area contributed by atoms with Gasteiger partial charge in [0.2, 0.25) is 0 Å². The summed E-state index contributed by atoms with van der Waals surface area (Å²) in [6.07, 6.45) is -19.0. The van der Waals surface area contributed by atoms with Crippen LogP contribution in [0.25, 0.3) is 0 Å². The minimum Gasteiger partial charge on any atom is -0.442 e. The van der Waals surface area contributed by atoms with E-state index in [-0.39, 0.29) is 5.06 Å². The van der Waals surface area contributed by atoms with Crippen molar-refractivity contribution in [3.8, 4) is 0 Å².